The highest BCUT2D eigenvalue weighted by Crippen LogP contribution is 2.34. The number of carbonyl (C=O) groups excluding carboxylic acids is 3. The Bertz CT molecular complexity index is 1150. The number of nitrogens with zero attached hydrogens (tertiary/aromatic N) is 1. The van der Waals surface area contributed by atoms with Gasteiger partial charge in [0.15, 0.2) is 0 Å². The SMILES string of the molecule is C/C=C\c1csc(C)n1.CC1CCCOC(=O)CC(O)C(C)(C)C(=O)C(C)[C@@H](OC(=O)CSC(C)(C)CCOC(C)(C)C)C(C)CCC1. The molecule has 1 aromatic heterocycles. The number of rotatable bonds is 8. The number of thiazole rings is 1. The zero-order valence-corrected chi connectivity index (χ0v) is 33.5. The van der Waals surface area contributed by atoms with Crippen LogP contribution in [0.4, 0.5) is 0 Å². The number of cyclic esters (lactones) is 1. The highest BCUT2D eigenvalue weighted by molar-refractivity contribution is 8.01. The number of thioether (sulfide) groups is 1. The summed E-state index contributed by atoms with van der Waals surface area (Å²) in [5, 5.41) is 14.0. The van der Waals surface area contributed by atoms with E-state index in [4.69, 9.17) is 14.2 Å². The number of aryl methyl sites for hydroxylation is 1. The van der Waals surface area contributed by atoms with Crippen molar-refractivity contribution >= 4 is 46.9 Å². The van der Waals surface area contributed by atoms with Gasteiger partial charge < -0.3 is 19.3 Å². The second kappa shape index (κ2) is 20.8. The number of carbonyl (C=O) groups is 3. The van der Waals surface area contributed by atoms with Crippen LogP contribution in [0.2, 0.25) is 0 Å². The van der Waals surface area contributed by atoms with Gasteiger partial charge in [0.25, 0.3) is 0 Å². The van der Waals surface area contributed by atoms with Gasteiger partial charge in [-0.2, -0.15) is 0 Å². The van der Waals surface area contributed by atoms with Crippen molar-refractivity contribution in [2.24, 2.45) is 23.2 Å². The summed E-state index contributed by atoms with van der Waals surface area (Å²) in [6.07, 6.45) is 7.29. The lowest BCUT2D eigenvalue weighted by Crippen LogP contribution is -2.47. The maximum atomic E-state index is 13.7. The number of Topliss-reactive ketones (excluding diaryl/α,β-unsaturated/α-hetero) is 1. The smallest absolute Gasteiger partial charge is 0.316 e. The number of hydrogen-bond acceptors (Lipinski definition) is 10. The quantitative estimate of drug-likeness (QED) is 0.264. The zero-order valence-electron chi connectivity index (χ0n) is 31.9. The average Bonchev–Trinajstić information content (AvgIpc) is 3.39. The number of aromatic nitrogens is 1. The number of allylic oxidation sites excluding steroid dienone is 1. The van der Waals surface area contributed by atoms with Crippen LogP contribution in [0.1, 0.15) is 132 Å². The molecule has 2 heterocycles. The Morgan fingerprint density at radius 1 is 1.12 bits per heavy atom. The van der Waals surface area contributed by atoms with Crippen LogP contribution in [0, 0.1) is 30.1 Å². The zero-order chi connectivity index (χ0) is 36.7. The monoisotopic (exact) mass is 711 g/mol. The topological polar surface area (TPSA) is 112 Å². The van der Waals surface area contributed by atoms with E-state index in [1.54, 1.807) is 32.1 Å². The lowest BCUT2D eigenvalue weighted by atomic mass is 9.73. The maximum Gasteiger partial charge on any atom is 0.316 e. The van der Waals surface area contributed by atoms with E-state index in [1.165, 1.54) is 11.8 Å². The largest absolute Gasteiger partial charge is 0.466 e. The highest BCUT2D eigenvalue weighted by Gasteiger charge is 2.43. The second-order valence-electron chi connectivity index (χ2n) is 15.5. The Balaban J connectivity index is 0.00000110. The Kier molecular flexibility index (Phi) is 19.2. The third-order valence-electron chi connectivity index (χ3n) is 8.82. The Morgan fingerprint density at radius 3 is 2.35 bits per heavy atom. The molecule has 276 valence electrons. The fourth-order valence-electron chi connectivity index (χ4n) is 5.54. The van der Waals surface area contributed by atoms with Gasteiger partial charge in [-0.05, 0) is 78.2 Å². The molecule has 1 aliphatic heterocycles. The number of ether oxygens (including phenoxy) is 3. The lowest BCUT2D eigenvalue weighted by Gasteiger charge is -2.36. The van der Waals surface area contributed by atoms with Gasteiger partial charge in [-0.1, -0.05) is 67.4 Å². The van der Waals surface area contributed by atoms with Crippen molar-refractivity contribution in [1.29, 1.82) is 0 Å². The van der Waals surface area contributed by atoms with Crippen LogP contribution in [0.25, 0.3) is 6.08 Å². The number of hydrogen-bond donors (Lipinski definition) is 1. The summed E-state index contributed by atoms with van der Waals surface area (Å²) in [6, 6.07) is 0. The van der Waals surface area contributed by atoms with E-state index in [0.29, 0.717) is 19.1 Å². The third-order valence-corrected chi connectivity index (χ3v) is 11.0. The first-order valence-corrected chi connectivity index (χ1v) is 19.4. The summed E-state index contributed by atoms with van der Waals surface area (Å²) >= 11 is 3.21. The van der Waals surface area contributed by atoms with Crippen LogP contribution < -0.4 is 0 Å². The summed E-state index contributed by atoms with van der Waals surface area (Å²) < 4.78 is 17.0. The summed E-state index contributed by atoms with van der Waals surface area (Å²) in [5.41, 5.74) is -0.333. The van der Waals surface area contributed by atoms with E-state index < -0.39 is 29.5 Å². The fourth-order valence-corrected chi connectivity index (χ4v) is 6.93. The average molecular weight is 712 g/mol. The van der Waals surface area contributed by atoms with E-state index >= 15 is 0 Å². The lowest BCUT2D eigenvalue weighted by molar-refractivity contribution is -0.158. The minimum atomic E-state index is -1.20. The van der Waals surface area contributed by atoms with Gasteiger partial charge in [0, 0.05) is 16.7 Å². The minimum absolute atomic E-state index is 0.0240. The van der Waals surface area contributed by atoms with Gasteiger partial charge in [0.2, 0.25) is 0 Å². The molecule has 1 saturated heterocycles. The summed E-state index contributed by atoms with van der Waals surface area (Å²) in [7, 11) is 0. The first kappa shape index (κ1) is 44.3. The molecule has 5 atom stereocenters. The van der Waals surface area contributed by atoms with Crippen molar-refractivity contribution in [2.45, 2.75) is 151 Å². The van der Waals surface area contributed by atoms with Crippen LogP contribution in [0.3, 0.4) is 0 Å². The molecule has 1 aliphatic rings. The van der Waals surface area contributed by atoms with E-state index in [1.807, 2.05) is 53.7 Å². The van der Waals surface area contributed by atoms with Crippen molar-refractivity contribution in [3.05, 3.63) is 22.2 Å². The van der Waals surface area contributed by atoms with Gasteiger partial charge in [0.05, 0.1) is 52.5 Å². The number of ketones is 1. The van der Waals surface area contributed by atoms with Gasteiger partial charge in [-0.25, -0.2) is 4.98 Å². The Morgan fingerprint density at radius 2 is 1.77 bits per heavy atom. The maximum absolute atomic E-state index is 13.7. The molecular formula is C38H65NO7S2. The second-order valence-corrected chi connectivity index (χ2v) is 18.2. The van der Waals surface area contributed by atoms with E-state index in [9.17, 15) is 19.5 Å². The molecule has 0 radical (unpaired) electrons. The fraction of sp³-hybridized carbons (Fsp3) is 0.789. The summed E-state index contributed by atoms with van der Waals surface area (Å²) in [5.74, 6) is -1.06. The molecule has 0 aromatic carbocycles. The third kappa shape index (κ3) is 17.3. The highest BCUT2D eigenvalue weighted by atomic mass is 32.2. The summed E-state index contributed by atoms with van der Waals surface area (Å²) in [6.45, 7) is 24.5. The first-order valence-electron chi connectivity index (χ1n) is 17.6. The molecule has 0 aliphatic carbocycles. The molecule has 2 rings (SSSR count). The van der Waals surface area contributed by atoms with E-state index in [-0.39, 0.29) is 40.2 Å². The van der Waals surface area contributed by atoms with Crippen LogP contribution in [0.15, 0.2) is 11.5 Å². The molecule has 4 unspecified atom stereocenters. The van der Waals surface area contributed by atoms with E-state index in [0.717, 1.165) is 49.2 Å². The molecule has 0 spiro atoms. The molecule has 1 aromatic rings. The molecule has 0 saturated carbocycles. The summed E-state index contributed by atoms with van der Waals surface area (Å²) in [4.78, 5) is 43.3. The molecule has 48 heavy (non-hydrogen) atoms. The van der Waals surface area contributed by atoms with Crippen molar-refractivity contribution in [2.75, 3.05) is 19.0 Å². The van der Waals surface area contributed by atoms with Crippen molar-refractivity contribution in [3.63, 3.8) is 0 Å². The van der Waals surface area contributed by atoms with Gasteiger partial charge in [-0.15, -0.1) is 23.1 Å². The Labute approximate surface area is 299 Å². The predicted octanol–water partition coefficient (Wildman–Crippen LogP) is 8.86. The van der Waals surface area contributed by atoms with Crippen molar-refractivity contribution in [3.8, 4) is 0 Å². The van der Waals surface area contributed by atoms with Crippen LogP contribution in [-0.2, 0) is 28.6 Å². The molecule has 8 nitrogen and oxygen atoms in total. The predicted molar refractivity (Wildman–Crippen MR) is 199 cm³/mol. The van der Waals surface area contributed by atoms with Gasteiger partial charge in [-0.3, -0.25) is 14.4 Å². The van der Waals surface area contributed by atoms with Crippen molar-refractivity contribution < 1.29 is 33.7 Å². The van der Waals surface area contributed by atoms with Crippen LogP contribution in [-0.4, -0.2) is 69.3 Å². The van der Waals surface area contributed by atoms with Gasteiger partial charge in [0.1, 0.15) is 11.9 Å². The number of esters is 2. The minimum Gasteiger partial charge on any atom is -0.466 e. The molecule has 10 heteroatoms. The van der Waals surface area contributed by atoms with Gasteiger partial charge >= 0.3 is 11.9 Å². The Hall–Kier alpha value is -1.75. The van der Waals surface area contributed by atoms with Crippen LogP contribution >= 0.6 is 23.1 Å². The number of aliphatic hydroxyl groups is 1. The molecule has 0 bridgehead atoms. The molecule has 0 amide bonds. The molecular weight excluding hydrogens is 647 g/mol. The molecule has 1 N–H and O–H groups in total. The molecule has 1 fully saturated rings. The normalized spacial score (nSPS) is 25.2. The first-order chi connectivity index (χ1) is 22.2. The standard InChI is InChI=1S/C31H56O7S.C7H9NS/c1-21-13-11-15-22(2)27(38-26(34)20-39-30(7,8)16-18-37-29(4,5)6)23(3)28(35)31(9,10)24(32)19-25(33)36-17-12-14-21;1-3-4-7-5-9-6(2)8-7/h21-24,27,32H,11-20H2,1-10H3;3-5H,1-2H3/b;4-3-/t21?,22?,23?,24?,27-;/m0./s1. The number of aliphatic hydroxyl groups excluding tert-OH is 1. The van der Waals surface area contributed by atoms with Crippen molar-refractivity contribution in [1.82, 2.24) is 4.98 Å². The van der Waals surface area contributed by atoms with Crippen LogP contribution in [0.5, 0.6) is 0 Å². The van der Waals surface area contributed by atoms with E-state index in [2.05, 4.69) is 31.1 Å².